The van der Waals surface area contributed by atoms with E-state index in [-0.39, 0.29) is 12.5 Å². The average Bonchev–Trinajstić information content (AvgIpc) is 2.90. The van der Waals surface area contributed by atoms with E-state index in [4.69, 9.17) is 5.73 Å². The Morgan fingerprint density at radius 2 is 1.86 bits per heavy atom. The Morgan fingerprint density at radius 1 is 1.24 bits per heavy atom. The van der Waals surface area contributed by atoms with Gasteiger partial charge in [0.1, 0.15) is 6.04 Å². The Hall–Kier alpha value is -2.08. The average molecular weight is 291 g/mol. The normalized spacial score (nSPS) is 18.0. The predicted molar refractivity (Wildman–Crippen MR) is 78.3 cm³/mol. The molecular weight excluding hydrogens is 270 g/mol. The van der Waals surface area contributed by atoms with E-state index >= 15 is 0 Å². The summed E-state index contributed by atoms with van der Waals surface area (Å²) in [6, 6.07) is 7.25. The largest absolute Gasteiger partial charge is 0.388 e. The second-order valence-electron chi connectivity index (χ2n) is 5.50. The van der Waals surface area contributed by atoms with Crippen LogP contribution in [0.2, 0.25) is 0 Å². The molecule has 1 atom stereocenters. The summed E-state index contributed by atoms with van der Waals surface area (Å²) >= 11 is 0. The van der Waals surface area contributed by atoms with Crippen LogP contribution in [0, 0.1) is 0 Å². The van der Waals surface area contributed by atoms with Gasteiger partial charge in [0.2, 0.25) is 5.91 Å². The number of primary amides is 1. The van der Waals surface area contributed by atoms with Crippen LogP contribution in [-0.4, -0.2) is 29.2 Å². The molecule has 1 saturated carbocycles. The number of hydrogen-bond acceptors (Lipinski definition) is 3. The summed E-state index contributed by atoms with van der Waals surface area (Å²) in [4.78, 5) is 23.4. The number of rotatable bonds is 5. The molecular formula is C15H21N3O3. The van der Waals surface area contributed by atoms with Gasteiger partial charge in [-0.2, -0.15) is 0 Å². The lowest BCUT2D eigenvalue weighted by Gasteiger charge is -2.24. The number of hydrogen-bond donors (Lipinski definition) is 4. The van der Waals surface area contributed by atoms with Gasteiger partial charge in [-0.3, -0.25) is 4.79 Å². The Kier molecular flexibility index (Phi) is 4.80. The minimum absolute atomic E-state index is 0.190. The molecule has 6 heteroatoms. The minimum atomic E-state index is -0.853. The molecule has 1 aromatic rings. The molecule has 0 bridgehead atoms. The fourth-order valence-electron chi connectivity index (χ4n) is 2.65. The van der Waals surface area contributed by atoms with Crippen LogP contribution in [0.3, 0.4) is 0 Å². The SMILES string of the molecule is NC(=O)NC(C(=O)NCC1(O)CCCC1)c1ccccc1. The van der Waals surface area contributed by atoms with Crippen molar-refractivity contribution in [2.75, 3.05) is 6.54 Å². The highest BCUT2D eigenvalue weighted by Gasteiger charge is 2.32. The van der Waals surface area contributed by atoms with Crippen molar-refractivity contribution in [2.45, 2.75) is 37.3 Å². The lowest BCUT2D eigenvalue weighted by atomic mass is 10.0. The summed E-state index contributed by atoms with van der Waals surface area (Å²) in [7, 11) is 0. The monoisotopic (exact) mass is 291 g/mol. The summed E-state index contributed by atoms with van der Waals surface area (Å²) < 4.78 is 0. The second-order valence-corrected chi connectivity index (χ2v) is 5.50. The number of carbonyl (C=O) groups is 2. The van der Waals surface area contributed by atoms with Crippen LogP contribution in [0.1, 0.15) is 37.3 Å². The Bertz CT molecular complexity index is 498. The molecule has 0 aromatic heterocycles. The van der Waals surface area contributed by atoms with Crippen LogP contribution in [0.25, 0.3) is 0 Å². The van der Waals surface area contributed by atoms with Gasteiger partial charge in [0.15, 0.2) is 0 Å². The highest BCUT2D eigenvalue weighted by Crippen LogP contribution is 2.28. The van der Waals surface area contributed by atoms with Crippen LogP contribution in [0.15, 0.2) is 30.3 Å². The Balaban J connectivity index is 2.02. The maximum Gasteiger partial charge on any atom is 0.313 e. The summed E-state index contributed by atoms with van der Waals surface area (Å²) in [6.07, 6.45) is 3.31. The molecule has 0 spiro atoms. The first kappa shape index (κ1) is 15.3. The third-order valence-corrected chi connectivity index (χ3v) is 3.81. The van der Waals surface area contributed by atoms with Crippen molar-refractivity contribution in [3.63, 3.8) is 0 Å². The molecule has 2 rings (SSSR count). The Labute approximate surface area is 123 Å². The first-order chi connectivity index (χ1) is 10.0. The van der Waals surface area contributed by atoms with E-state index in [1.54, 1.807) is 24.3 Å². The molecule has 1 aliphatic rings. The zero-order chi connectivity index (χ0) is 15.3. The van der Waals surface area contributed by atoms with E-state index in [9.17, 15) is 14.7 Å². The quantitative estimate of drug-likeness (QED) is 0.645. The molecule has 0 heterocycles. The number of nitrogens with one attached hydrogen (secondary N) is 2. The van der Waals surface area contributed by atoms with E-state index in [0.717, 1.165) is 12.8 Å². The van der Waals surface area contributed by atoms with Gasteiger partial charge in [0.25, 0.3) is 0 Å². The van der Waals surface area contributed by atoms with Crippen molar-refractivity contribution in [1.29, 1.82) is 0 Å². The molecule has 3 amide bonds. The second kappa shape index (κ2) is 6.58. The van der Waals surface area contributed by atoms with Crippen molar-refractivity contribution in [3.8, 4) is 0 Å². The van der Waals surface area contributed by atoms with Crippen LogP contribution in [0.5, 0.6) is 0 Å². The fourth-order valence-corrected chi connectivity index (χ4v) is 2.65. The van der Waals surface area contributed by atoms with E-state index < -0.39 is 17.7 Å². The number of nitrogens with two attached hydrogens (primary N) is 1. The van der Waals surface area contributed by atoms with Gasteiger partial charge in [-0.15, -0.1) is 0 Å². The number of aliphatic hydroxyl groups is 1. The van der Waals surface area contributed by atoms with Gasteiger partial charge in [-0.05, 0) is 18.4 Å². The maximum absolute atomic E-state index is 12.3. The lowest BCUT2D eigenvalue weighted by Crippen LogP contribution is -2.47. The molecule has 0 saturated heterocycles. The van der Waals surface area contributed by atoms with Crippen molar-refractivity contribution < 1.29 is 14.7 Å². The van der Waals surface area contributed by atoms with E-state index in [1.807, 2.05) is 6.07 Å². The topological polar surface area (TPSA) is 104 Å². The van der Waals surface area contributed by atoms with E-state index in [1.165, 1.54) is 0 Å². The summed E-state index contributed by atoms with van der Waals surface area (Å²) in [5.41, 5.74) is 4.95. The first-order valence-corrected chi connectivity index (χ1v) is 7.11. The molecule has 6 nitrogen and oxygen atoms in total. The summed E-state index contributed by atoms with van der Waals surface area (Å²) in [5.74, 6) is -0.375. The third-order valence-electron chi connectivity index (χ3n) is 3.81. The van der Waals surface area contributed by atoms with Crippen LogP contribution >= 0.6 is 0 Å². The molecule has 1 aromatic carbocycles. The standard InChI is InChI=1S/C15H21N3O3/c16-14(20)18-12(11-6-2-1-3-7-11)13(19)17-10-15(21)8-4-5-9-15/h1-3,6-7,12,21H,4-5,8-10H2,(H,17,19)(H3,16,18,20). The van der Waals surface area contributed by atoms with Crippen molar-refractivity contribution >= 4 is 11.9 Å². The van der Waals surface area contributed by atoms with Crippen molar-refractivity contribution in [2.24, 2.45) is 5.73 Å². The first-order valence-electron chi connectivity index (χ1n) is 7.11. The van der Waals surface area contributed by atoms with E-state index in [2.05, 4.69) is 10.6 Å². The van der Waals surface area contributed by atoms with Gasteiger partial charge in [0.05, 0.1) is 5.60 Å². The predicted octanol–water partition coefficient (Wildman–Crippen LogP) is 0.817. The van der Waals surface area contributed by atoms with E-state index in [0.29, 0.717) is 18.4 Å². The molecule has 0 aliphatic heterocycles. The molecule has 1 aliphatic carbocycles. The Morgan fingerprint density at radius 3 is 2.43 bits per heavy atom. The smallest absolute Gasteiger partial charge is 0.313 e. The van der Waals surface area contributed by atoms with Crippen LogP contribution in [0.4, 0.5) is 4.79 Å². The molecule has 0 radical (unpaired) electrons. The third kappa shape index (κ3) is 4.19. The number of benzene rings is 1. The highest BCUT2D eigenvalue weighted by molar-refractivity contribution is 5.87. The highest BCUT2D eigenvalue weighted by atomic mass is 16.3. The van der Waals surface area contributed by atoms with Crippen molar-refractivity contribution in [3.05, 3.63) is 35.9 Å². The molecule has 5 N–H and O–H groups in total. The van der Waals surface area contributed by atoms with Gasteiger partial charge in [-0.25, -0.2) is 4.79 Å². The van der Waals surface area contributed by atoms with Crippen LogP contribution < -0.4 is 16.4 Å². The molecule has 21 heavy (non-hydrogen) atoms. The number of amides is 3. The molecule has 1 unspecified atom stereocenters. The molecule has 114 valence electrons. The zero-order valence-corrected chi connectivity index (χ0v) is 11.8. The van der Waals surface area contributed by atoms with Gasteiger partial charge < -0.3 is 21.5 Å². The number of urea groups is 1. The van der Waals surface area contributed by atoms with Crippen LogP contribution in [-0.2, 0) is 4.79 Å². The fraction of sp³-hybridized carbons (Fsp3) is 0.467. The van der Waals surface area contributed by atoms with Gasteiger partial charge >= 0.3 is 6.03 Å². The zero-order valence-electron chi connectivity index (χ0n) is 11.8. The van der Waals surface area contributed by atoms with Gasteiger partial charge in [-0.1, -0.05) is 43.2 Å². The minimum Gasteiger partial charge on any atom is -0.388 e. The van der Waals surface area contributed by atoms with Gasteiger partial charge in [0, 0.05) is 6.54 Å². The van der Waals surface area contributed by atoms with Crippen molar-refractivity contribution in [1.82, 2.24) is 10.6 Å². The lowest BCUT2D eigenvalue weighted by molar-refractivity contribution is -0.124. The maximum atomic E-state index is 12.3. The molecule has 1 fully saturated rings. The summed E-state index contributed by atoms with van der Waals surface area (Å²) in [5, 5.41) is 15.4. The number of carbonyl (C=O) groups excluding carboxylic acids is 2. The summed E-state index contributed by atoms with van der Waals surface area (Å²) in [6.45, 7) is 0.190.